The van der Waals surface area contributed by atoms with Crippen molar-refractivity contribution >= 4 is 29.1 Å². The molecule has 3 amide bonds. The van der Waals surface area contributed by atoms with Gasteiger partial charge in [-0.2, -0.15) is 0 Å². The van der Waals surface area contributed by atoms with Crippen molar-refractivity contribution in [3.8, 4) is 5.75 Å². The molecule has 1 spiro atoms. The number of nitrogens with zero attached hydrogens (tertiary/aromatic N) is 1. The first-order valence-corrected chi connectivity index (χ1v) is 9.35. The van der Waals surface area contributed by atoms with Crippen LogP contribution in [0, 0.1) is 0 Å². The van der Waals surface area contributed by atoms with Crippen LogP contribution < -0.4 is 10.1 Å². The van der Waals surface area contributed by atoms with Crippen molar-refractivity contribution in [3.05, 3.63) is 51.7 Å². The minimum absolute atomic E-state index is 0.226. The van der Waals surface area contributed by atoms with Gasteiger partial charge in [0.05, 0.1) is 18.0 Å². The molecule has 3 heterocycles. The minimum atomic E-state index is -1.14. The van der Waals surface area contributed by atoms with Gasteiger partial charge in [-0.05, 0) is 24.6 Å². The third-order valence-electron chi connectivity index (χ3n) is 4.84. The molecule has 2 aliphatic heterocycles. The van der Waals surface area contributed by atoms with Gasteiger partial charge in [-0.1, -0.05) is 25.1 Å². The van der Waals surface area contributed by atoms with Crippen molar-refractivity contribution in [2.45, 2.75) is 25.3 Å². The number of urea groups is 1. The lowest BCUT2D eigenvalue weighted by molar-refractivity contribution is -0.132. The van der Waals surface area contributed by atoms with Crippen molar-refractivity contribution in [2.75, 3.05) is 13.2 Å². The summed E-state index contributed by atoms with van der Waals surface area (Å²) in [7, 11) is 0. The number of rotatable bonds is 4. The Labute approximate surface area is 154 Å². The average molecular weight is 370 g/mol. The molecule has 0 saturated carbocycles. The normalized spacial score (nSPS) is 21.5. The molecule has 1 aromatic carbocycles. The van der Waals surface area contributed by atoms with Crippen LogP contribution in [0.2, 0.25) is 0 Å². The maximum Gasteiger partial charge on any atom is 0.325 e. The second kappa shape index (κ2) is 6.25. The molecule has 2 aromatic rings. The van der Waals surface area contributed by atoms with E-state index in [0.717, 1.165) is 16.2 Å². The average Bonchev–Trinajstić information content (AvgIpc) is 3.22. The van der Waals surface area contributed by atoms with Crippen molar-refractivity contribution < 1.29 is 19.1 Å². The molecule has 0 unspecified atom stereocenters. The van der Waals surface area contributed by atoms with Gasteiger partial charge in [0.15, 0.2) is 11.3 Å². The van der Waals surface area contributed by atoms with Gasteiger partial charge in [0.2, 0.25) is 0 Å². The van der Waals surface area contributed by atoms with E-state index in [1.807, 2.05) is 19.1 Å². The second-order valence-electron chi connectivity index (χ2n) is 6.36. The Morgan fingerprint density at radius 1 is 1.27 bits per heavy atom. The number of hydrogen-bond acceptors (Lipinski definition) is 5. The number of Topliss-reactive ketones (excluding diaryl/α,β-unsaturated/α-hetero) is 1. The first-order chi connectivity index (χ1) is 12.5. The maximum absolute atomic E-state index is 13.1. The maximum atomic E-state index is 13.1. The minimum Gasteiger partial charge on any atom is -0.493 e. The highest BCUT2D eigenvalue weighted by Crippen LogP contribution is 2.41. The Balaban J connectivity index is 1.61. The van der Waals surface area contributed by atoms with Gasteiger partial charge >= 0.3 is 6.03 Å². The quantitative estimate of drug-likeness (QED) is 0.663. The fraction of sp³-hybridized carbons (Fsp3) is 0.316. The summed E-state index contributed by atoms with van der Waals surface area (Å²) in [5, 5.41) is 2.81. The number of aryl methyl sites for hydroxylation is 1. The van der Waals surface area contributed by atoms with Crippen LogP contribution in [0.3, 0.4) is 0 Å². The number of imide groups is 1. The topological polar surface area (TPSA) is 75.7 Å². The third-order valence-corrected chi connectivity index (χ3v) is 6.11. The lowest BCUT2D eigenvalue weighted by Gasteiger charge is -2.33. The van der Waals surface area contributed by atoms with Crippen LogP contribution in [-0.4, -0.2) is 35.8 Å². The van der Waals surface area contributed by atoms with Crippen LogP contribution in [0.4, 0.5) is 4.79 Å². The van der Waals surface area contributed by atoms with Crippen LogP contribution in [0.25, 0.3) is 0 Å². The van der Waals surface area contributed by atoms with Crippen molar-refractivity contribution in [2.24, 2.45) is 0 Å². The molecule has 0 bridgehead atoms. The van der Waals surface area contributed by atoms with E-state index in [4.69, 9.17) is 4.74 Å². The van der Waals surface area contributed by atoms with Crippen LogP contribution in [0.15, 0.2) is 36.4 Å². The number of nitrogens with one attached hydrogen (secondary N) is 1. The zero-order valence-electron chi connectivity index (χ0n) is 14.3. The Morgan fingerprint density at radius 3 is 2.85 bits per heavy atom. The molecular weight excluding hydrogens is 352 g/mol. The van der Waals surface area contributed by atoms with Crippen LogP contribution in [-0.2, 0) is 16.8 Å². The molecule has 1 saturated heterocycles. The largest absolute Gasteiger partial charge is 0.493 e. The van der Waals surface area contributed by atoms with Crippen LogP contribution in [0.1, 0.15) is 33.5 Å². The van der Waals surface area contributed by atoms with Crippen molar-refractivity contribution in [1.29, 1.82) is 0 Å². The van der Waals surface area contributed by atoms with Gasteiger partial charge in [0.1, 0.15) is 5.75 Å². The van der Waals surface area contributed by atoms with Crippen molar-refractivity contribution in [1.82, 2.24) is 10.2 Å². The molecular formula is C19H18N2O4S. The van der Waals surface area contributed by atoms with Gasteiger partial charge in [-0.25, -0.2) is 4.79 Å². The van der Waals surface area contributed by atoms with E-state index >= 15 is 0 Å². The first kappa shape index (κ1) is 16.8. The SMILES string of the molecule is CCc1ccc(C(=O)CN2C(=O)N[C@]3(CCOc4ccccc43)C2=O)s1. The molecule has 1 atom stereocenters. The summed E-state index contributed by atoms with van der Waals surface area (Å²) >= 11 is 1.40. The summed E-state index contributed by atoms with van der Waals surface area (Å²) in [6, 6.07) is 10.3. The van der Waals surface area contributed by atoms with Gasteiger partial charge in [-0.3, -0.25) is 14.5 Å². The fourth-order valence-corrected chi connectivity index (χ4v) is 4.33. The van der Waals surface area contributed by atoms with Gasteiger partial charge < -0.3 is 10.1 Å². The number of para-hydroxylation sites is 1. The third kappa shape index (κ3) is 2.50. The van der Waals surface area contributed by atoms with Crippen molar-refractivity contribution in [3.63, 3.8) is 0 Å². The van der Waals surface area contributed by atoms with Crippen LogP contribution >= 0.6 is 11.3 Å². The molecule has 0 aliphatic carbocycles. The first-order valence-electron chi connectivity index (χ1n) is 8.53. The predicted octanol–water partition coefficient (Wildman–Crippen LogP) is 2.72. The summed E-state index contributed by atoms with van der Waals surface area (Å²) < 4.78 is 5.61. The molecule has 1 aromatic heterocycles. The molecule has 26 heavy (non-hydrogen) atoms. The Bertz CT molecular complexity index is 906. The molecule has 2 aliphatic rings. The number of amides is 3. The van der Waals surface area contributed by atoms with E-state index in [1.54, 1.807) is 24.3 Å². The van der Waals surface area contributed by atoms with Gasteiger partial charge in [0.25, 0.3) is 5.91 Å². The number of carbonyl (C=O) groups is 3. The summed E-state index contributed by atoms with van der Waals surface area (Å²) in [4.78, 5) is 40.9. The Kier molecular flexibility index (Phi) is 4.03. The summed E-state index contributed by atoms with van der Waals surface area (Å²) in [6.45, 7) is 2.10. The highest BCUT2D eigenvalue weighted by atomic mass is 32.1. The molecule has 134 valence electrons. The molecule has 7 heteroatoms. The standard InChI is InChI=1S/C19H18N2O4S/c1-2-12-7-8-16(26-12)14(22)11-21-17(23)19(20-18(21)24)9-10-25-15-6-4-3-5-13(15)19/h3-8H,2,9-11H2,1H3,(H,20,24)/t19-/m0/s1. The highest BCUT2D eigenvalue weighted by Gasteiger charge is 2.55. The summed E-state index contributed by atoms with van der Waals surface area (Å²) in [6.07, 6.45) is 1.19. The van der Waals surface area contributed by atoms with E-state index in [2.05, 4.69) is 5.32 Å². The molecule has 4 rings (SSSR count). The number of benzene rings is 1. The second-order valence-corrected chi connectivity index (χ2v) is 7.53. The van der Waals surface area contributed by atoms with E-state index in [1.165, 1.54) is 11.3 Å². The number of ether oxygens (including phenoxy) is 1. The summed E-state index contributed by atoms with van der Waals surface area (Å²) in [5.41, 5.74) is -0.500. The zero-order chi connectivity index (χ0) is 18.3. The zero-order valence-corrected chi connectivity index (χ0v) is 15.1. The van der Waals surface area contributed by atoms with E-state index in [-0.39, 0.29) is 18.2 Å². The Morgan fingerprint density at radius 2 is 2.08 bits per heavy atom. The highest BCUT2D eigenvalue weighted by molar-refractivity contribution is 7.14. The van der Waals surface area contributed by atoms with Gasteiger partial charge in [0, 0.05) is 16.9 Å². The van der Waals surface area contributed by atoms with E-state index in [0.29, 0.717) is 29.2 Å². The predicted molar refractivity (Wildman–Crippen MR) is 96.5 cm³/mol. The molecule has 1 N–H and O–H groups in total. The number of thiophene rings is 1. The van der Waals surface area contributed by atoms with E-state index in [9.17, 15) is 14.4 Å². The number of ketones is 1. The number of fused-ring (bicyclic) bond motifs is 2. The number of carbonyl (C=O) groups excluding carboxylic acids is 3. The number of hydrogen-bond donors (Lipinski definition) is 1. The molecule has 0 radical (unpaired) electrons. The Hall–Kier alpha value is -2.67. The smallest absolute Gasteiger partial charge is 0.325 e. The fourth-order valence-electron chi connectivity index (χ4n) is 3.45. The monoisotopic (exact) mass is 370 g/mol. The lowest BCUT2D eigenvalue weighted by Crippen LogP contribution is -2.47. The van der Waals surface area contributed by atoms with Crippen LogP contribution in [0.5, 0.6) is 5.75 Å². The molecule has 1 fully saturated rings. The van der Waals surface area contributed by atoms with Gasteiger partial charge in [-0.15, -0.1) is 11.3 Å². The molecule has 6 nitrogen and oxygen atoms in total. The lowest BCUT2D eigenvalue weighted by atomic mass is 9.84. The van der Waals surface area contributed by atoms with E-state index < -0.39 is 11.6 Å². The summed E-state index contributed by atoms with van der Waals surface area (Å²) in [5.74, 6) is -0.0270.